The maximum absolute atomic E-state index is 12.5. The average Bonchev–Trinajstić information content (AvgIpc) is 2.48. The van der Waals surface area contributed by atoms with Crippen LogP contribution in [0.2, 0.25) is 0 Å². The quantitative estimate of drug-likeness (QED) is 0.865. The van der Waals surface area contributed by atoms with Gasteiger partial charge in [-0.05, 0) is 57.7 Å². The predicted octanol–water partition coefficient (Wildman–Crippen LogP) is 4.34. The monoisotopic (exact) mass is 332 g/mol. The van der Waals surface area contributed by atoms with Crippen molar-refractivity contribution in [3.05, 3.63) is 29.8 Å². The molecule has 2 amide bonds. The predicted molar refractivity (Wildman–Crippen MR) is 95.2 cm³/mol. The van der Waals surface area contributed by atoms with Gasteiger partial charge in [0.1, 0.15) is 5.60 Å². The summed E-state index contributed by atoms with van der Waals surface area (Å²) in [4.78, 5) is 24.3. The van der Waals surface area contributed by atoms with Crippen molar-refractivity contribution >= 4 is 17.7 Å². The normalized spacial score (nSPS) is 21.0. The fraction of sp³-hybridized carbons (Fsp3) is 0.579. The Morgan fingerprint density at radius 1 is 1.17 bits per heavy atom. The molecule has 1 aliphatic carbocycles. The minimum atomic E-state index is -0.559. The van der Waals surface area contributed by atoms with Crippen LogP contribution in [0.3, 0.4) is 0 Å². The van der Waals surface area contributed by atoms with Crippen LogP contribution in [0.15, 0.2) is 24.3 Å². The van der Waals surface area contributed by atoms with E-state index in [2.05, 4.69) is 17.6 Å². The molecule has 0 aliphatic heterocycles. The molecule has 0 spiro atoms. The van der Waals surface area contributed by atoms with Crippen LogP contribution >= 0.6 is 0 Å². The molecular weight excluding hydrogens is 304 g/mol. The molecule has 1 saturated carbocycles. The number of carbonyl (C=O) groups excluding carboxylic acids is 2. The zero-order chi connectivity index (χ0) is 17.7. The van der Waals surface area contributed by atoms with Gasteiger partial charge in [0.2, 0.25) is 0 Å². The summed E-state index contributed by atoms with van der Waals surface area (Å²) in [5.41, 5.74) is 0.533. The van der Waals surface area contributed by atoms with Gasteiger partial charge in [-0.3, -0.25) is 10.1 Å². The van der Waals surface area contributed by atoms with Crippen molar-refractivity contribution in [1.82, 2.24) is 5.32 Å². The molecule has 1 fully saturated rings. The van der Waals surface area contributed by atoms with Crippen molar-refractivity contribution in [2.24, 2.45) is 5.92 Å². The van der Waals surface area contributed by atoms with Gasteiger partial charge < -0.3 is 10.1 Å². The molecule has 2 N–H and O–H groups in total. The standard InChI is InChI=1S/C19H28N2O3/c1-13-8-5-6-11-16(13)21-17(22)14-9-7-10-15(12-14)20-18(23)24-19(2,3)4/h7,9-10,12-13,16H,5-6,8,11H2,1-4H3,(H,20,23)(H,21,22). The van der Waals surface area contributed by atoms with Crippen LogP contribution in [0.4, 0.5) is 10.5 Å². The van der Waals surface area contributed by atoms with E-state index in [1.165, 1.54) is 6.42 Å². The van der Waals surface area contributed by atoms with Gasteiger partial charge in [-0.1, -0.05) is 25.8 Å². The van der Waals surface area contributed by atoms with Gasteiger partial charge >= 0.3 is 6.09 Å². The maximum atomic E-state index is 12.5. The van der Waals surface area contributed by atoms with E-state index in [9.17, 15) is 9.59 Å². The van der Waals surface area contributed by atoms with E-state index in [-0.39, 0.29) is 11.9 Å². The second kappa shape index (κ2) is 7.69. The molecule has 0 heterocycles. The van der Waals surface area contributed by atoms with Crippen molar-refractivity contribution in [3.8, 4) is 0 Å². The average molecular weight is 332 g/mol. The molecule has 132 valence electrons. The van der Waals surface area contributed by atoms with E-state index in [4.69, 9.17) is 4.74 Å². The largest absolute Gasteiger partial charge is 0.444 e. The first kappa shape index (κ1) is 18.3. The van der Waals surface area contributed by atoms with Gasteiger partial charge in [-0.25, -0.2) is 4.79 Å². The minimum absolute atomic E-state index is 0.0958. The van der Waals surface area contributed by atoms with E-state index in [1.807, 2.05) is 20.8 Å². The lowest BCUT2D eigenvalue weighted by Crippen LogP contribution is -2.41. The fourth-order valence-corrected chi connectivity index (χ4v) is 2.94. The number of hydrogen-bond acceptors (Lipinski definition) is 3. The molecule has 2 rings (SSSR count). The van der Waals surface area contributed by atoms with E-state index in [0.717, 1.165) is 19.3 Å². The molecule has 24 heavy (non-hydrogen) atoms. The molecule has 0 radical (unpaired) electrons. The summed E-state index contributed by atoms with van der Waals surface area (Å²) in [7, 11) is 0. The molecule has 5 nitrogen and oxygen atoms in total. The second-order valence-electron chi connectivity index (χ2n) is 7.55. The van der Waals surface area contributed by atoms with Gasteiger partial charge in [0, 0.05) is 17.3 Å². The van der Waals surface area contributed by atoms with E-state index >= 15 is 0 Å². The molecule has 0 saturated heterocycles. The van der Waals surface area contributed by atoms with E-state index in [1.54, 1.807) is 24.3 Å². The zero-order valence-electron chi connectivity index (χ0n) is 15.0. The van der Waals surface area contributed by atoms with Crippen molar-refractivity contribution < 1.29 is 14.3 Å². The topological polar surface area (TPSA) is 67.4 Å². The lowest BCUT2D eigenvalue weighted by Gasteiger charge is -2.29. The summed E-state index contributed by atoms with van der Waals surface area (Å²) >= 11 is 0. The van der Waals surface area contributed by atoms with Crippen LogP contribution < -0.4 is 10.6 Å². The molecule has 0 aromatic heterocycles. The third kappa shape index (κ3) is 5.55. The summed E-state index contributed by atoms with van der Waals surface area (Å²) in [6, 6.07) is 7.15. The number of hydrogen-bond donors (Lipinski definition) is 2. The molecule has 1 aromatic rings. The first-order valence-corrected chi connectivity index (χ1v) is 8.65. The Morgan fingerprint density at radius 3 is 2.54 bits per heavy atom. The molecular formula is C19H28N2O3. The fourth-order valence-electron chi connectivity index (χ4n) is 2.94. The summed E-state index contributed by atoms with van der Waals surface area (Å²) in [5.74, 6) is 0.410. The smallest absolute Gasteiger partial charge is 0.412 e. The lowest BCUT2D eigenvalue weighted by atomic mass is 9.86. The number of nitrogens with one attached hydrogen (secondary N) is 2. The van der Waals surface area contributed by atoms with Gasteiger partial charge in [-0.15, -0.1) is 0 Å². The van der Waals surface area contributed by atoms with Crippen molar-refractivity contribution in [1.29, 1.82) is 0 Å². The van der Waals surface area contributed by atoms with Gasteiger partial charge in [0.15, 0.2) is 0 Å². The Morgan fingerprint density at radius 2 is 1.88 bits per heavy atom. The summed E-state index contributed by atoms with van der Waals surface area (Å²) in [6.07, 6.45) is 4.06. The van der Waals surface area contributed by atoms with Crippen LogP contribution in [-0.2, 0) is 4.74 Å². The lowest BCUT2D eigenvalue weighted by molar-refractivity contribution is 0.0635. The molecule has 2 unspecified atom stereocenters. The Bertz CT molecular complexity index is 593. The first-order valence-electron chi connectivity index (χ1n) is 8.65. The Labute approximate surface area is 144 Å². The SMILES string of the molecule is CC1CCCCC1NC(=O)c1cccc(NC(=O)OC(C)(C)C)c1. The molecule has 2 atom stereocenters. The van der Waals surface area contributed by atoms with Crippen LogP contribution in [-0.4, -0.2) is 23.6 Å². The zero-order valence-corrected chi connectivity index (χ0v) is 15.0. The van der Waals surface area contributed by atoms with E-state index < -0.39 is 11.7 Å². The number of ether oxygens (including phenoxy) is 1. The maximum Gasteiger partial charge on any atom is 0.412 e. The molecule has 5 heteroatoms. The summed E-state index contributed by atoms with van der Waals surface area (Å²) < 4.78 is 5.23. The number of benzene rings is 1. The van der Waals surface area contributed by atoms with E-state index in [0.29, 0.717) is 17.2 Å². The van der Waals surface area contributed by atoms with Crippen molar-refractivity contribution in [2.75, 3.05) is 5.32 Å². The van der Waals surface area contributed by atoms with Crippen LogP contribution in [0, 0.1) is 5.92 Å². The third-order valence-electron chi connectivity index (χ3n) is 4.20. The first-order chi connectivity index (χ1) is 11.2. The molecule has 1 aromatic carbocycles. The summed E-state index contributed by atoms with van der Waals surface area (Å²) in [6.45, 7) is 7.61. The highest BCUT2D eigenvalue weighted by molar-refractivity contribution is 5.96. The second-order valence-corrected chi connectivity index (χ2v) is 7.55. The Kier molecular flexibility index (Phi) is 5.86. The number of anilines is 1. The number of rotatable bonds is 3. The van der Waals surface area contributed by atoms with Crippen LogP contribution in [0.1, 0.15) is 63.7 Å². The Balaban J connectivity index is 1.98. The molecule has 1 aliphatic rings. The van der Waals surface area contributed by atoms with Crippen LogP contribution in [0.25, 0.3) is 0 Å². The Hall–Kier alpha value is -2.04. The number of amides is 2. The van der Waals surface area contributed by atoms with Gasteiger partial charge in [-0.2, -0.15) is 0 Å². The third-order valence-corrected chi connectivity index (χ3v) is 4.20. The highest BCUT2D eigenvalue weighted by Gasteiger charge is 2.23. The molecule has 0 bridgehead atoms. The summed E-state index contributed by atoms with van der Waals surface area (Å²) in [5, 5.41) is 5.79. The van der Waals surface area contributed by atoms with Crippen molar-refractivity contribution in [2.45, 2.75) is 65.0 Å². The minimum Gasteiger partial charge on any atom is -0.444 e. The van der Waals surface area contributed by atoms with Gasteiger partial charge in [0.25, 0.3) is 5.91 Å². The van der Waals surface area contributed by atoms with Crippen LogP contribution in [0.5, 0.6) is 0 Å². The van der Waals surface area contributed by atoms with Crippen molar-refractivity contribution in [3.63, 3.8) is 0 Å². The van der Waals surface area contributed by atoms with Gasteiger partial charge in [0.05, 0.1) is 0 Å². The highest BCUT2D eigenvalue weighted by atomic mass is 16.6. The highest BCUT2D eigenvalue weighted by Crippen LogP contribution is 2.24. The number of carbonyl (C=O) groups is 2.